The van der Waals surface area contributed by atoms with Crippen LogP contribution in [-0.2, 0) is 9.53 Å². The van der Waals surface area contributed by atoms with Crippen molar-refractivity contribution in [2.24, 2.45) is 4.99 Å². The number of aliphatic hydroxyl groups excluding tert-OH is 1. The molecule has 29 heavy (non-hydrogen) atoms. The number of ether oxygens (including phenoxy) is 1. The van der Waals surface area contributed by atoms with Gasteiger partial charge in [-0.3, -0.25) is 10.1 Å². The van der Waals surface area contributed by atoms with E-state index >= 15 is 0 Å². The number of aliphatic hydroxyl groups is 1. The molecular weight excluding hydrogens is 399 g/mol. The Bertz CT molecular complexity index is 1040. The molecular formula is C20H15FN2O5S. The molecule has 0 fully saturated rings. The minimum Gasteiger partial charge on any atom is -0.506 e. The van der Waals surface area contributed by atoms with Crippen molar-refractivity contribution >= 4 is 40.2 Å². The van der Waals surface area contributed by atoms with Gasteiger partial charge in [0.05, 0.1) is 22.1 Å². The summed E-state index contributed by atoms with van der Waals surface area (Å²) in [7, 11) is 0. The van der Waals surface area contributed by atoms with Crippen LogP contribution in [0.2, 0.25) is 0 Å². The third-order valence-electron chi connectivity index (χ3n) is 3.83. The van der Waals surface area contributed by atoms with E-state index in [-0.39, 0.29) is 28.7 Å². The zero-order valence-corrected chi connectivity index (χ0v) is 16.0. The van der Waals surface area contributed by atoms with Gasteiger partial charge < -0.3 is 9.84 Å². The van der Waals surface area contributed by atoms with Gasteiger partial charge in [0.25, 0.3) is 5.69 Å². The fourth-order valence-corrected chi connectivity index (χ4v) is 3.50. The molecule has 2 aromatic carbocycles. The minimum absolute atomic E-state index is 0.0890. The van der Waals surface area contributed by atoms with Crippen LogP contribution in [0.1, 0.15) is 12.5 Å². The van der Waals surface area contributed by atoms with Gasteiger partial charge in [-0.05, 0) is 42.8 Å². The van der Waals surface area contributed by atoms with E-state index < -0.39 is 16.7 Å². The summed E-state index contributed by atoms with van der Waals surface area (Å²) in [6.07, 6.45) is 1.59. The molecule has 0 amide bonds. The molecule has 1 aliphatic rings. The normalized spacial score (nSPS) is 16.5. The number of nitro benzene ring substituents is 1. The van der Waals surface area contributed by atoms with Crippen LogP contribution >= 0.6 is 11.8 Å². The predicted molar refractivity (Wildman–Crippen MR) is 108 cm³/mol. The first-order chi connectivity index (χ1) is 13.9. The molecule has 1 heterocycles. The maximum Gasteiger partial charge on any atom is 0.344 e. The van der Waals surface area contributed by atoms with Crippen molar-refractivity contribution in [3.05, 3.63) is 86.3 Å². The predicted octanol–water partition coefficient (Wildman–Crippen LogP) is 4.93. The number of hydrogen-bond acceptors (Lipinski definition) is 7. The highest BCUT2D eigenvalue weighted by Gasteiger charge is 2.33. The zero-order valence-electron chi connectivity index (χ0n) is 15.2. The van der Waals surface area contributed by atoms with E-state index in [0.717, 1.165) is 11.8 Å². The summed E-state index contributed by atoms with van der Waals surface area (Å²) < 4.78 is 18.1. The second-order valence-electron chi connectivity index (χ2n) is 5.80. The lowest BCUT2D eigenvalue weighted by Crippen LogP contribution is -2.12. The lowest BCUT2D eigenvalue weighted by atomic mass is 10.1. The van der Waals surface area contributed by atoms with Gasteiger partial charge >= 0.3 is 5.97 Å². The van der Waals surface area contributed by atoms with E-state index in [1.807, 2.05) is 0 Å². The number of aliphatic imine (C=N–C) groups is 1. The summed E-state index contributed by atoms with van der Waals surface area (Å²) >= 11 is 1.04. The number of carbonyl (C=O) groups excluding carboxylic acids is 1. The molecule has 0 radical (unpaired) electrons. The quantitative estimate of drug-likeness (QED) is 0.423. The summed E-state index contributed by atoms with van der Waals surface area (Å²) in [5.41, 5.74) is 0.813. The van der Waals surface area contributed by atoms with Crippen LogP contribution in [0, 0.1) is 15.9 Å². The number of nitrogens with zero attached hydrogens (tertiary/aromatic N) is 2. The van der Waals surface area contributed by atoms with E-state index in [1.165, 1.54) is 48.5 Å². The van der Waals surface area contributed by atoms with Gasteiger partial charge in [-0.15, -0.1) is 0 Å². The molecule has 0 bridgehead atoms. The molecule has 148 valence electrons. The van der Waals surface area contributed by atoms with E-state index in [4.69, 9.17) is 4.74 Å². The van der Waals surface area contributed by atoms with Crippen molar-refractivity contribution in [2.75, 3.05) is 6.61 Å². The van der Waals surface area contributed by atoms with Gasteiger partial charge in [-0.2, -0.15) is 0 Å². The fourth-order valence-electron chi connectivity index (χ4n) is 2.47. The fraction of sp³-hybridized carbons (Fsp3) is 0.100. The van der Waals surface area contributed by atoms with Gasteiger partial charge in [0.15, 0.2) is 0 Å². The van der Waals surface area contributed by atoms with Crippen LogP contribution in [0.5, 0.6) is 0 Å². The Morgan fingerprint density at radius 2 is 1.90 bits per heavy atom. The number of thioether (sulfide) groups is 1. The Morgan fingerprint density at radius 3 is 2.48 bits per heavy atom. The van der Waals surface area contributed by atoms with Gasteiger partial charge in [-0.25, -0.2) is 14.2 Å². The second kappa shape index (κ2) is 8.70. The van der Waals surface area contributed by atoms with Crippen molar-refractivity contribution in [1.82, 2.24) is 0 Å². The van der Waals surface area contributed by atoms with Crippen molar-refractivity contribution in [1.29, 1.82) is 0 Å². The number of nitro groups is 1. The largest absolute Gasteiger partial charge is 0.506 e. The molecule has 0 spiro atoms. The molecule has 0 atom stereocenters. The Balaban J connectivity index is 2.00. The Labute approximate surface area is 169 Å². The van der Waals surface area contributed by atoms with Crippen molar-refractivity contribution < 1.29 is 24.0 Å². The lowest BCUT2D eigenvalue weighted by molar-refractivity contribution is -0.384. The molecule has 0 aliphatic carbocycles. The smallest absolute Gasteiger partial charge is 0.344 e. The molecule has 7 nitrogen and oxygen atoms in total. The van der Waals surface area contributed by atoms with Crippen LogP contribution in [0.25, 0.3) is 6.08 Å². The number of benzene rings is 2. The third-order valence-corrected chi connectivity index (χ3v) is 4.85. The average molecular weight is 414 g/mol. The van der Waals surface area contributed by atoms with Crippen molar-refractivity contribution in [3.8, 4) is 0 Å². The van der Waals surface area contributed by atoms with Crippen LogP contribution in [0.3, 0.4) is 0 Å². The molecule has 0 saturated carbocycles. The van der Waals surface area contributed by atoms with Crippen LogP contribution < -0.4 is 0 Å². The van der Waals surface area contributed by atoms with Gasteiger partial charge in [0.2, 0.25) is 0 Å². The highest BCUT2D eigenvalue weighted by molar-refractivity contribution is 8.18. The molecule has 1 N–H and O–H groups in total. The first-order valence-electron chi connectivity index (χ1n) is 8.48. The molecule has 0 unspecified atom stereocenters. The summed E-state index contributed by atoms with van der Waals surface area (Å²) in [5, 5.41) is 21.6. The van der Waals surface area contributed by atoms with Crippen LogP contribution in [-0.4, -0.2) is 27.6 Å². The summed E-state index contributed by atoms with van der Waals surface area (Å²) in [4.78, 5) is 27.3. The van der Waals surface area contributed by atoms with E-state index in [0.29, 0.717) is 16.2 Å². The van der Waals surface area contributed by atoms with Crippen LogP contribution in [0.15, 0.2) is 69.8 Å². The van der Waals surface area contributed by atoms with Gasteiger partial charge in [0.1, 0.15) is 22.2 Å². The van der Waals surface area contributed by atoms with Crippen molar-refractivity contribution in [3.63, 3.8) is 0 Å². The standard InChI is InChI=1S/C20H15FN2O5S/c1-2-28-20(25)17-18(24)16(11-12-3-5-13(21)6-4-12)29-19(17)22-14-7-9-15(10-8-14)23(26)27/h3-11,24H,2H2,1H3/b16-11-,22-19?. The SMILES string of the molecule is CCOC(=O)C1=C(O)/C(=C/c2ccc(F)cc2)SC1=Nc1ccc([N+](=O)[O-])cc1. The van der Waals surface area contributed by atoms with Crippen molar-refractivity contribution in [2.45, 2.75) is 6.92 Å². The Kier molecular flexibility index (Phi) is 6.08. The lowest BCUT2D eigenvalue weighted by Gasteiger charge is -2.03. The van der Waals surface area contributed by atoms with Gasteiger partial charge in [-0.1, -0.05) is 23.9 Å². The number of non-ortho nitro benzene ring substituents is 1. The number of hydrogen-bond donors (Lipinski definition) is 1. The Hall–Kier alpha value is -3.46. The summed E-state index contributed by atoms with van der Waals surface area (Å²) in [6.45, 7) is 1.75. The number of rotatable bonds is 5. The van der Waals surface area contributed by atoms with Crippen LogP contribution in [0.4, 0.5) is 15.8 Å². The Morgan fingerprint density at radius 1 is 1.24 bits per heavy atom. The maximum absolute atomic E-state index is 13.1. The molecule has 0 saturated heterocycles. The van der Waals surface area contributed by atoms with Gasteiger partial charge in [0, 0.05) is 12.1 Å². The highest BCUT2D eigenvalue weighted by atomic mass is 32.2. The first kappa shape index (κ1) is 20.3. The number of halogens is 1. The molecule has 0 aromatic heterocycles. The number of esters is 1. The molecule has 9 heteroatoms. The molecule has 2 aromatic rings. The maximum atomic E-state index is 13.1. The molecule has 3 rings (SSSR count). The summed E-state index contributed by atoms with van der Waals surface area (Å²) in [5.74, 6) is -1.42. The topological polar surface area (TPSA) is 102 Å². The second-order valence-corrected chi connectivity index (χ2v) is 6.83. The monoisotopic (exact) mass is 414 g/mol. The van der Waals surface area contributed by atoms with E-state index in [2.05, 4.69) is 4.99 Å². The highest BCUT2D eigenvalue weighted by Crippen LogP contribution is 2.40. The number of carbonyl (C=O) groups is 1. The summed E-state index contributed by atoms with van der Waals surface area (Å²) in [6, 6.07) is 11.1. The van der Waals surface area contributed by atoms with E-state index in [1.54, 1.807) is 13.0 Å². The zero-order chi connectivity index (χ0) is 21.0. The first-order valence-corrected chi connectivity index (χ1v) is 9.30. The molecule has 1 aliphatic heterocycles. The minimum atomic E-state index is -0.735. The third kappa shape index (κ3) is 4.69. The van der Waals surface area contributed by atoms with E-state index in [9.17, 15) is 24.4 Å². The average Bonchev–Trinajstić information content (AvgIpc) is 2.99.